The summed E-state index contributed by atoms with van der Waals surface area (Å²) in [5, 5.41) is 0. The number of esters is 1. The number of hydrogen-bond acceptors (Lipinski definition) is 8. The maximum atomic E-state index is 14.3. The average molecular weight is 493 g/mol. The van der Waals surface area contributed by atoms with Crippen LogP contribution in [0.25, 0.3) is 0 Å². The van der Waals surface area contributed by atoms with Crippen molar-refractivity contribution in [2.24, 2.45) is 0 Å². The molecule has 0 radical (unpaired) electrons. The Morgan fingerprint density at radius 3 is 2.56 bits per heavy atom. The van der Waals surface area contributed by atoms with E-state index in [1.807, 2.05) is 0 Å². The number of carbonyl (C=O) groups is 2. The van der Waals surface area contributed by atoms with Gasteiger partial charge in [0, 0.05) is 25.7 Å². The summed E-state index contributed by atoms with van der Waals surface area (Å²) in [4.78, 5) is 25.6. The van der Waals surface area contributed by atoms with Crippen LogP contribution in [0, 0.1) is 5.82 Å². The van der Waals surface area contributed by atoms with Crippen LogP contribution in [0.4, 0.5) is 4.39 Å². The van der Waals surface area contributed by atoms with Gasteiger partial charge < -0.3 is 14.4 Å². The first-order valence-corrected chi connectivity index (χ1v) is 13.4. The van der Waals surface area contributed by atoms with Crippen molar-refractivity contribution in [3.63, 3.8) is 0 Å². The van der Waals surface area contributed by atoms with Gasteiger partial charge in [-0.05, 0) is 31.5 Å². The van der Waals surface area contributed by atoms with Gasteiger partial charge >= 0.3 is 5.97 Å². The highest BCUT2D eigenvalue weighted by Gasteiger charge is 2.34. The molecule has 3 rings (SSSR count). The molecule has 0 spiro atoms. The van der Waals surface area contributed by atoms with Crippen molar-refractivity contribution in [2.75, 3.05) is 51.0 Å². The summed E-state index contributed by atoms with van der Waals surface area (Å²) in [7, 11) is -7.38. The largest absolute Gasteiger partial charge is 0.452 e. The average Bonchev–Trinajstić information content (AvgIpc) is 3.12. The number of hydrogen-bond donors (Lipinski definition) is 0. The van der Waals surface area contributed by atoms with Gasteiger partial charge in [-0.15, -0.1) is 0 Å². The number of benzene rings is 1. The number of amides is 1. The van der Waals surface area contributed by atoms with Crippen molar-refractivity contribution in [1.82, 2.24) is 9.21 Å². The first-order valence-electron chi connectivity index (χ1n) is 10.1. The molecule has 0 N–H and O–H groups in total. The van der Waals surface area contributed by atoms with Crippen LogP contribution in [-0.4, -0.2) is 94.9 Å². The Bertz CT molecular complexity index is 1080. The zero-order valence-corrected chi connectivity index (χ0v) is 19.2. The first-order chi connectivity index (χ1) is 15.0. The Hall–Kier alpha value is -2.09. The number of sulfonamides is 1. The Morgan fingerprint density at radius 2 is 1.97 bits per heavy atom. The summed E-state index contributed by atoms with van der Waals surface area (Å²) in [6.07, 6.45) is 0.316. The Morgan fingerprint density at radius 1 is 1.28 bits per heavy atom. The minimum absolute atomic E-state index is 0.00277. The summed E-state index contributed by atoms with van der Waals surface area (Å²) >= 11 is 0. The third kappa shape index (κ3) is 5.45. The molecule has 2 fully saturated rings. The van der Waals surface area contributed by atoms with E-state index in [9.17, 15) is 30.8 Å². The van der Waals surface area contributed by atoms with Crippen LogP contribution in [-0.2, 0) is 34.1 Å². The Balaban J connectivity index is 1.69. The highest BCUT2D eigenvalue weighted by atomic mass is 32.2. The summed E-state index contributed by atoms with van der Waals surface area (Å²) in [5.41, 5.74) is -0.225. The lowest BCUT2D eigenvalue weighted by Crippen LogP contribution is -2.43. The number of rotatable bonds is 7. The van der Waals surface area contributed by atoms with Crippen LogP contribution in [0.2, 0.25) is 0 Å². The maximum Gasteiger partial charge on any atom is 0.338 e. The molecule has 13 heteroatoms. The molecule has 0 aliphatic carbocycles. The van der Waals surface area contributed by atoms with Crippen LogP contribution >= 0.6 is 0 Å². The molecule has 0 saturated carbocycles. The summed E-state index contributed by atoms with van der Waals surface area (Å²) in [5.74, 6) is -2.71. The van der Waals surface area contributed by atoms with Gasteiger partial charge in [-0.1, -0.05) is 0 Å². The molecule has 2 aliphatic heterocycles. The molecular formula is C19H25FN2O8S2. The van der Waals surface area contributed by atoms with Crippen LogP contribution in [0.15, 0.2) is 23.1 Å². The van der Waals surface area contributed by atoms with Gasteiger partial charge in [0.15, 0.2) is 16.4 Å². The highest BCUT2D eigenvalue weighted by Crippen LogP contribution is 2.22. The van der Waals surface area contributed by atoms with Crippen LogP contribution in [0.3, 0.4) is 0 Å². The lowest BCUT2D eigenvalue weighted by Gasteiger charge is -2.26. The van der Waals surface area contributed by atoms with E-state index in [0.717, 1.165) is 22.5 Å². The normalized spacial score (nSPS) is 21.2. The molecule has 1 atom stereocenters. The van der Waals surface area contributed by atoms with Crippen LogP contribution in [0.5, 0.6) is 0 Å². The van der Waals surface area contributed by atoms with Gasteiger partial charge in [-0.25, -0.2) is 26.0 Å². The summed E-state index contributed by atoms with van der Waals surface area (Å²) in [6, 6.07) is 2.33. The first kappa shape index (κ1) is 24.6. The van der Waals surface area contributed by atoms with E-state index in [1.54, 1.807) is 6.92 Å². The molecule has 32 heavy (non-hydrogen) atoms. The predicted octanol–water partition coefficient (Wildman–Crippen LogP) is 0.0390. The number of carbonyl (C=O) groups excluding carboxylic acids is 2. The monoisotopic (exact) mass is 492 g/mol. The minimum atomic E-state index is -4.18. The van der Waals surface area contributed by atoms with Crippen LogP contribution in [0.1, 0.15) is 23.7 Å². The fraction of sp³-hybridized carbons (Fsp3) is 0.579. The van der Waals surface area contributed by atoms with Gasteiger partial charge in [0.1, 0.15) is 10.7 Å². The summed E-state index contributed by atoms with van der Waals surface area (Å²) < 4.78 is 74.3. The second-order valence-corrected chi connectivity index (χ2v) is 11.6. The molecule has 10 nitrogen and oxygen atoms in total. The van der Waals surface area contributed by atoms with E-state index in [2.05, 4.69) is 0 Å². The highest BCUT2D eigenvalue weighted by molar-refractivity contribution is 7.91. The van der Waals surface area contributed by atoms with Crippen LogP contribution < -0.4 is 0 Å². The van der Waals surface area contributed by atoms with Gasteiger partial charge in [-0.3, -0.25) is 4.79 Å². The quantitative estimate of drug-likeness (QED) is 0.488. The molecule has 0 bridgehead atoms. The number of likely N-dealkylation sites (N-methyl/N-ethyl adjacent to an activating group) is 1. The molecule has 1 aromatic carbocycles. The van der Waals surface area contributed by atoms with Crippen molar-refractivity contribution in [2.45, 2.75) is 24.3 Å². The fourth-order valence-corrected chi connectivity index (χ4v) is 6.94. The topological polar surface area (TPSA) is 127 Å². The number of sulfone groups is 1. The van der Waals surface area contributed by atoms with E-state index in [0.29, 0.717) is 6.42 Å². The van der Waals surface area contributed by atoms with Crippen molar-refractivity contribution in [3.05, 3.63) is 29.6 Å². The van der Waals surface area contributed by atoms with Crippen molar-refractivity contribution in [1.29, 1.82) is 0 Å². The third-order valence-electron chi connectivity index (χ3n) is 5.39. The van der Waals surface area contributed by atoms with Crippen molar-refractivity contribution in [3.8, 4) is 0 Å². The number of ether oxygens (including phenoxy) is 2. The third-order valence-corrected chi connectivity index (χ3v) is 9.06. The smallest absolute Gasteiger partial charge is 0.338 e. The lowest BCUT2D eigenvalue weighted by atomic mass is 10.2. The zero-order valence-electron chi connectivity index (χ0n) is 17.5. The molecular weight excluding hydrogens is 467 g/mol. The lowest BCUT2D eigenvalue weighted by molar-refractivity contribution is -0.136. The van der Waals surface area contributed by atoms with Gasteiger partial charge in [-0.2, -0.15) is 4.31 Å². The minimum Gasteiger partial charge on any atom is -0.452 e. The number of halogens is 1. The summed E-state index contributed by atoms with van der Waals surface area (Å²) in [6.45, 7) is 1.78. The molecule has 2 heterocycles. The molecule has 2 saturated heterocycles. The van der Waals surface area contributed by atoms with E-state index in [1.165, 1.54) is 4.90 Å². The molecule has 0 aromatic heterocycles. The van der Waals surface area contributed by atoms with Crippen molar-refractivity contribution >= 4 is 31.7 Å². The molecule has 1 amide bonds. The molecule has 178 valence electrons. The zero-order chi connectivity index (χ0) is 23.5. The fourth-order valence-electron chi connectivity index (χ4n) is 3.71. The number of nitrogens with zero attached hydrogens (tertiary/aromatic N) is 2. The van der Waals surface area contributed by atoms with E-state index in [-0.39, 0.29) is 49.9 Å². The second-order valence-electron chi connectivity index (χ2n) is 7.47. The van der Waals surface area contributed by atoms with Gasteiger partial charge in [0.2, 0.25) is 10.0 Å². The van der Waals surface area contributed by atoms with Gasteiger partial charge in [0.05, 0.1) is 30.3 Å². The predicted molar refractivity (Wildman–Crippen MR) is 111 cm³/mol. The second kappa shape index (κ2) is 9.81. The molecule has 2 aliphatic rings. The SMILES string of the molecule is CCN(C(=O)COC(=O)c1ccc(F)c(S(=O)(=O)N2CCOCC2)c1)[C@H]1CCS(=O)(=O)C1. The number of morpholine rings is 1. The van der Waals surface area contributed by atoms with E-state index >= 15 is 0 Å². The van der Waals surface area contributed by atoms with Gasteiger partial charge in [0.25, 0.3) is 5.91 Å². The Labute approximate surface area is 186 Å². The molecule has 1 aromatic rings. The standard InChI is InChI=1S/C19H25FN2O8S2/c1-2-22(15-5-10-31(25,26)13-15)18(23)12-30-19(24)14-3-4-16(20)17(11-14)32(27,28)21-6-8-29-9-7-21/h3-4,11,15H,2,5-10,12-13H2,1H3/t15-/m0/s1. The Kier molecular flexibility index (Phi) is 7.53. The molecule has 0 unspecified atom stereocenters. The van der Waals surface area contributed by atoms with E-state index in [4.69, 9.17) is 9.47 Å². The van der Waals surface area contributed by atoms with Crippen molar-refractivity contribution < 1.29 is 40.3 Å². The van der Waals surface area contributed by atoms with E-state index < -0.39 is 55.1 Å². The maximum absolute atomic E-state index is 14.3.